The minimum absolute atomic E-state index is 0.0369. The lowest BCUT2D eigenvalue weighted by Crippen LogP contribution is -2.41. The molecule has 1 aromatic heterocycles. The number of nitrogens with zero attached hydrogens (tertiary/aromatic N) is 2. The molecular weight excluding hydrogens is 372 g/mol. The number of halogens is 2. The molecule has 158 valence electrons. The summed E-state index contributed by atoms with van der Waals surface area (Å²) in [5.74, 6) is 0.922. The number of alkyl halides is 2. The van der Waals surface area contributed by atoms with E-state index in [-0.39, 0.29) is 22.7 Å². The second kappa shape index (κ2) is 8.74. The third-order valence-electron chi connectivity index (χ3n) is 5.84. The molecule has 1 aliphatic heterocycles. The zero-order chi connectivity index (χ0) is 21.2. The van der Waals surface area contributed by atoms with Crippen LogP contribution in [0.25, 0.3) is 10.9 Å². The van der Waals surface area contributed by atoms with Crippen LogP contribution in [0.3, 0.4) is 0 Å². The van der Waals surface area contributed by atoms with Crippen LogP contribution in [0.4, 0.5) is 14.5 Å². The number of piperidine rings is 1. The van der Waals surface area contributed by atoms with E-state index in [0.29, 0.717) is 30.8 Å². The summed E-state index contributed by atoms with van der Waals surface area (Å²) in [5, 5.41) is 0.744. The van der Waals surface area contributed by atoms with Crippen LogP contribution in [-0.2, 0) is 4.79 Å². The van der Waals surface area contributed by atoms with Crippen LogP contribution in [0.15, 0.2) is 30.5 Å². The van der Waals surface area contributed by atoms with Crippen molar-refractivity contribution in [3.05, 3.63) is 36.0 Å². The fourth-order valence-electron chi connectivity index (χ4n) is 4.46. The minimum atomic E-state index is -2.56. The van der Waals surface area contributed by atoms with E-state index in [1.165, 1.54) is 6.07 Å². The molecule has 0 amide bonds. The number of Topliss-reactive ketones (excluding diaryl/α,β-unsaturated/α-hetero) is 1. The minimum Gasteiger partial charge on any atom is -0.370 e. The Labute approximate surface area is 171 Å². The molecule has 0 spiro atoms. The van der Waals surface area contributed by atoms with Gasteiger partial charge in [0.05, 0.1) is 5.52 Å². The molecule has 2 N–H and O–H groups in total. The Bertz CT molecular complexity index is 868. The first-order chi connectivity index (χ1) is 13.7. The van der Waals surface area contributed by atoms with Crippen molar-refractivity contribution in [1.29, 1.82) is 0 Å². The number of carbonyl (C=O) groups is 1. The predicted molar refractivity (Wildman–Crippen MR) is 113 cm³/mol. The van der Waals surface area contributed by atoms with E-state index in [0.717, 1.165) is 30.6 Å². The maximum absolute atomic E-state index is 13.4. The van der Waals surface area contributed by atoms with E-state index in [2.05, 4.69) is 16.8 Å². The molecule has 2 heterocycles. The first-order valence-electron chi connectivity index (χ1n) is 10.3. The molecule has 6 heteroatoms. The molecule has 3 rings (SSSR count). The SMILES string of the molecule is C[C@H]1C[C@@H](CC(=O)CC(C)(C)CN)CN(c2ccc(C(F)F)c3ncccc23)C1. The maximum Gasteiger partial charge on any atom is 0.265 e. The number of anilines is 1. The highest BCUT2D eigenvalue weighted by molar-refractivity contribution is 5.94. The number of nitrogens with two attached hydrogens (primary N) is 1. The second-order valence-corrected chi connectivity index (χ2v) is 9.27. The number of hydrogen-bond donors (Lipinski definition) is 1. The monoisotopic (exact) mass is 403 g/mol. The summed E-state index contributed by atoms with van der Waals surface area (Å²) < 4.78 is 26.8. The Morgan fingerprint density at radius 3 is 2.76 bits per heavy atom. The largest absolute Gasteiger partial charge is 0.370 e. The first kappa shape index (κ1) is 21.6. The summed E-state index contributed by atoms with van der Waals surface area (Å²) in [4.78, 5) is 19.1. The van der Waals surface area contributed by atoms with Crippen LogP contribution in [0.2, 0.25) is 0 Å². The highest BCUT2D eigenvalue weighted by Crippen LogP contribution is 2.36. The molecule has 2 atom stereocenters. The molecule has 1 aliphatic rings. The normalized spacial score (nSPS) is 20.4. The Morgan fingerprint density at radius 2 is 2.07 bits per heavy atom. The fraction of sp³-hybridized carbons (Fsp3) is 0.565. The number of ketones is 1. The lowest BCUT2D eigenvalue weighted by atomic mass is 9.81. The smallest absolute Gasteiger partial charge is 0.265 e. The van der Waals surface area contributed by atoms with Gasteiger partial charge in [-0.1, -0.05) is 20.8 Å². The summed E-state index contributed by atoms with van der Waals surface area (Å²) >= 11 is 0. The van der Waals surface area contributed by atoms with Gasteiger partial charge in [-0.25, -0.2) is 8.78 Å². The number of hydrogen-bond acceptors (Lipinski definition) is 4. The molecule has 0 aliphatic carbocycles. The zero-order valence-electron chi connectivity index (χ0n) is 17.5. The van der Waals surface area contributed by atoms with Crippen molar-refractivity contribution in [3.63, 3.8) is 0 Å². The van der Waals surface area contributed by atoms with Crippen molar-refractivity contribution < 1.29 is 13.6 Å². The Balaban J connectivity index is 1.83. The average molecular weight is 404 g/mol. The standard InChI is InChI=1S/C23H31F2N3O/c1-15-9-16(10-17(29)11-23(2,3)14-26)13-28(12-15)20-7-6-19(22(24)25)21-18(20)5-4-8-27-21/h4-8,15-16,22H,9-14,26H2,1-3H3/t15-,16-/m0/s1. The second-order valence-electron chi connectivity index (χ2n) is 9.27. The van der Waals surface area contributed by atoms with Crippen LogP contribution in [0, 0.1) is 17.3 Å². The lowest BCUT2D eigenvalue weighted by molar-refractivity contribution is -0.121. The highest BCUT2D eigenvalue weighted by atomic mass is 19.3. The van der Waals surface area contributed by atoms with Gasteiger partial charge in [0.2, 0.25) is 0 Å². The average Bonchev–Trinajstić information content (AvgIpc) is 2.66. The van der Waals surface area contributed by atoms with Gasteiger partial charge in [0, 0.05) is 48.8 Å². The first-order valence-corrected chi connectivity index (χ1v) is 10.3. The van der Waals surface area contributed by atoms with Crippen molar-refractivity contribution >= 4 is 22.4 Å². The number of benzene rings is 1. The van der Waals surface area contributed by atoms with Gasteiger partial charge in [-0.05, 0) is 54.5 Å². The van der Waals surface area contributed by atoms with E-state index < -0.39 is 6.43 Å². The number of pyridine rings is 1. The molecule has 0 bridgehead atoms. The number of fused-ring (bicyclic) bond motifs is 1. The fourth-order valence-corrected chi connectivity index (χ4v) is 4.46. The van der Waals surface area contributed by atoms with Gasteiger partial charge in [0.1, 0.15) is 5.78 Å². The topological polar surface area (TPSA) is 59.2 Å². The van der Waals surface area contributed by atoms with Crippen LogP contribution < -0.4 is 10.6 Å². The quantitative estimate of drug-likeness (QED) is 0.709. The third kappa shape index (κ3) is 5.10. The van der Waals surface area contributed by atoms with Crippen molar-refractivity contribution in [2.75, 3.05) is 24.5 Å². The van der Waals surface area contributed by atoms with Gasteiger partial charge in [-0.3, -0.25) is 9.78 Å². The Kier molecular flexibility index (Phi) is 6.52. The molecule has 0 saturated carbocycles. The van der Waals surface area contributed by atoms with Gasteiger partial charge >= 0.3 is 0 Å². The van der Waals surface area contributed by atoms with Crippen molar-refractivity contribution in [2.24, 2.45) is 23.0 Å². The van der Waals surface area contributed by atoms with E-state index in [1.54, 1.807) is 18.3 Å². The lowest BCUT2D eigenvalue weighted by Gasteiger charge is -2.38. The van der Waals surface area contributed by atoms with Crippen LogP contribution >= 0.6 is 0 Å². The van der Waals surface area contributed by atoms with Gasteiger partial charge in [0.15, 0.2) is 0 Å². The molecule has 1 fully saturated rings. The van der Waals surface area contributed by atoms with Crippen molar-refractivity contribution in [2.45, 2.75) is 46.5 Å². The summed E-state index contributed by atoms with van der Waals surface area (Å²) in [5.41, 5.74) is 6.84. The van der Waals surface area contributed by atoms with Crippen molar-refractivity contribution in [3.8, 4) is 0 Å². The molecule has 0 unspecified atom stereocenters. The van der Waals surface area contributed by atoms with E-state index in [4.69, 9.17) is 5.73 Å². The Morgan fingerprint density at radius 1 is 1.31 bits per heavy atom. The number of carbonyl (C=O) groups excluding carboxylic acids is 1. The van der Waals surface area contributed by atoms with Gasteiger partial charge in [0.25, 0.3) is 6.43 Å². The number of aromatic nitrogens is 1. The maximum atomic E-state index is 13.4. The van der Waals surface area contributed by atoms with Crippen LogP contribution in [0.5, 0.6) is 0 Å². The third-order valence-corrected chi connectivity index (χ3v) is 5.84. The molecule has 1 saturated heterocycles. The molecular formula is C23H31F2N3O. The summed E-state index contributed by atoms with van der Waals surface area (Å²) in [6.45, 7) is 8.30. The summed E-state index contributed by atoms with van der Waals surface area (Å²) in [6.07, 6.45) is 1.02. The van der Waals surface area contributed by atoms with Gasteiger partial charge in [-0.2, -0.15) is 0 Å². The zero-order valence-corrected chi connectivity index (χ0v) is 17.5. The molecule has 0 radical (unpaired) electrons. The highest BCUT2D eigenvalue weighted by Gasteiger charge is 2.29. The van der Waals surface area contributed by atoms with E-state index in [9.17, 15) is 13.6 Å². The predicted octanol–water partition coefficient (Wildman–Crippen LogP) is 4.97. The van der Waals surface area contributed by atoms with Crippen LogP contribution in [-0.4, -0.2) is 30.4 Å². The van der Waals surface area contributed by atoms with Gasteiger partial charge < -0.3 is 10.6 Å². The number of rotatable bonds is 7. The molecule has 29 heavy (non-hydrogen) atoms. The molecule has 1 aromatic carbocycles. The molecule has 4 nitrogen and oxygen atoms in total. The molecule has 2 aromatic rings. The van der Waals surface area contributed by atoms with Crippen LogP contribution in [0.1, 0.15) is 52.0 Å². The van der Waals surface area contributed by atoms with E-state index >= 15 is 0 Å². The van der Waals surface area contributed by atoms with E-state index in [1.807, 2.05) is 19.9 Å². The summed E-state index contributed by atoms with van der Waals surface area (Å²) in [6, 6.07) is 6.90. The Hall–Kier alpha value is -2.08. The van der Waals surface area contributed by atoms with Gasteiger partial charge in [-0.15, -0.1) is 0 Å². The summed E-state index contributed by atoms with van der Waals surface area (Å²) in [7, 11) is 0. The van der Waals surface area contributed by atoms with Crippen molar-refractivity contribution in [1.82, 2.24) is 4.98 Å².